The number of nitrogens with zero attached hydrogens (tertiary/aromatic N) is 3. The first-order valence-corrected chi connectivity index (χ1v) is 11.7. The van der Waals surface area contributed by atoms with Crippen LogP contribution in [0.1, 0.15) is 29.2 Å². The molecule has 10 heteroatoms. The minimum atomic E-state index is -4.54. The highest BCUT2D eigenvalue weighted by molar-refractivity contribution is 5.75. The first kappa shape index (κ1) is 25.2. The van der Waals surface area contributed by atoms with Gasteiger partial charge in [-0.2, -0.15) is 13.2 Å². The molecular weight excluding hydrogens is 499 g/mol. The van der Waals surface area contributed by atoms with Crippen LogP contribution < -0.4 is 9.47 Å². The van der Waals surface area contributed by atoms with Crippen molar-refractivity contribution in [3.05, 3.63) is 90.0 Å². The van der Waals surface area contributed by atoms with Crippen LogP contribution in [0.2, 0.25) is 0 Å². The van der Waals surface area contributed by atoms with E-state index in [2.05, 4.69) is 15.0 Å². The average molecular weight is 521 g/mol. The number of hydrogen-bond acceptors (Lipinski definition) is 6. The molecule has 194 valence electrons. The smallest absolute Gasteiger partial charge is 0.417 e. The summed E-state index contributed by atoms with van der Waals surface area (Å²) < 4.78 is 52.2. The molecule has 2 aromatic carbocycles. The number of hydrogen-bond donors (Lipinski definition) is 1. The van der Waals surface area contributed by atoms with Crippen LogP contribution in [0.5, 0.6) is 11.5 Å². The maximum atomic E-state index is 13.8. The lowest BCUT2D eigenvalue weighted by molar-refractivity contribution is -0.139. The predicted octanol–water partition coefficient (Wildman–Crippen LogP) is 6.00. The Balaban J connectivity index is 1.34. The number of ether oxygens (including phenoxy) is 2. The topological polar surface area (TPSA) is 94.4 Å². The Hall–Kier alpha value is -4.47. The van der Waals surface area contributed by atoms with E-state index < -0.39 is 23.6 Å². The summed E-state index contributed by atoms with van der Waals surface area (Å²) in [4.78, 5) is 23.8. The molecule has 0 amide bonds. The van der Waals surface area contributed by atoms with E-state index in [1.165, 1.54) is 37.8 Å². The zero-order chi connectivity index (χ0) is 26.9. The van der Waals surface area contributed by atoms with Crippen LogP contribution in [0.15, 0.2) is 73.2 Å². The molecule has 2 heterocycles. The van der Waals surface area contributed by atoms with E-state index in [0.29, 0.717) is 46.1 Å². The van der Waals surface area contributed by atoms with Gasteiger partial charge in [-0.05, 0) is 47.4 Å². The molecule has 2 atom stereocenters. The van der Waals surface area contributed by atoms with Gasteiger partial charge in [-0.1, -0.05) is 30.3 Å². The Morgan fingerprint density at radius 2 is 1.63 bits per heavy atom. The van der Waals surface area contributed by atoms with Crippen LogP contribution in [-0.4, -0.2) is 33.1 Å². The summed E-state index contributed by atoms with van der Waals surface area (Å²) in [5.74, 6) is 0.0286. The summed E-state index contributed by atoms with van der Waals surface area (Å²) in [6.07, 6.45) is 0.553. The van der Waals surface area contributed by atoms with Crippen molar-refractivity contribution in [2.24, 2.45) is 5.92 Å². The van der Waals surface area contributed by atoms with Gasteiger partial charge in [0, 0.05) is 17.2 Å². The summed E-state index contributed by atoms with van der Waals surface area (Å²) >= 11 is 0. The van der Waals surface area contributed by atoms with Gasteiger partial charge in [0.25, 0.3) is 0 Å². The molecule has 5 rings (SSSR count). The fourth-order valence-corrected chi connectivity index (χ4v) is 4.19. The van der Waals surface area contributed by atoms with Gasteiger partial charge in [-0.3, -0.25) is 9.78 Å². The second kappa shape index (κ2) is 10.1. The van der Waals surface area contributed by atoms with Crippen molar-refractivity contribution in [1.29, 1.82) is 0 Å². The number of halogens is 3. The molecule has 0 radical (unpaired) electrons. The number of aliphatic carboxylic acids is 1. The zero-order valence-corrected chi connectivity index (χ0v) is 20.1. The molecule has 4 aromatic rings. The molecular formula is C28H22F3N3O4. The average Bonchev–Trinajstić information content (AvgIpc) is 3.73. The third kappa shape index (κ3) is 5.44. The van der Waals surface area contributed by atoms with Gasteiger partial charge in [0.15, 0.2) is 11.6 Å². The summed E-state index contributed by atoms with van der Waals surface area (Å²) in [5, 5.41) is 9.08. The standard InChI is InChI=1S/C28H22F3N3O4/c1-37-20-13-33-26(34-14-20)18-5-3-17(4-6-18)21-10-16(2-8-24(21)28(29,30)31)15-38-19-7-9-25(32-12-19)22-11-23(22)27(35)36/h2-10,12-14,22-23H,11,15H2,1H3,(H,35,36)/t22-,23-/m0/s1. The first-order valence-electron chi connectivity index (χ1n) is 11.7. The second-order valence-electron chi connectivity index (χ2n) is 8.90. The van der Waals surface area contributed by atoms with Gasteiger partial charge in [0.1, 0.15) is 12.4 Å². The first-order chi connectivity index (χ1) is 18.2. The maximum Gasteiger partial charge on any atom is 0.417 e. The number of rotatable bonds is 8. The number of carboxylic acids is 1. The highest BCUT2D eigenvalue weighted by Gasteiger charge is 2.45. The molecule has 7 nitrogen and oxygen atoms in total. The highest BCUT2D eigenvalue weighted by Crippen LogP contribution is 2.47. The Morgan fingerprint density at radius 1 is 0.947 bits per heavy atom. The molecule has 1 aliphatic rings. The number of benzene rings is 2. The van der Waals surface area contributed by atoms with Crippen LogP contribution in [0.4, 0.5) is 13.2 Å². The van der Waals surface area contributed by atoms with Gasteiger partial charge in [0.2, 0.25) is 0 Å². The van der Waals surface area contributed by atoms with Crippen LogP contribution in [-0.2, 0) is 17.6 Å². The largest absolute Gasteiger partial charge is 0.494 e. The lowest BCUT2D eigenvalue weighted by atomic mass is 9.96. The van der Waals surface area contributed by atoms with Crippen LogP contribution in [0, 0.1) is 5.92 Å². The van der Waals surface area contributed by atoms with E-state index >= 15 is 0 Å². The van der Waals surface area contributed by atoms with Gasteiger partial charge < -0.3 is 14.6 Å². The molecule has 1 saturated carbocycles. The van der Waals surface area contributed by atoms with Crippen LogP contribution >= 0.6 is 0 Å². The monoisotopic (exact) mass is 521 g/mol. The SMILES string of the molecule is COc1cnc(-c2ccc(-c3cc(COc4ccc([C@H]5C[C@@H]5C(=O)O)nc4)ccc3C(F)(F)F)cc2)nc1. The molecule has 0 aliphatic heterocycles. The van der Waals surface area contributed by atoms with E-state index in [4.69, 9.17) is 14.6 Å². The van der Waals surface area contributed by atoms with Crippen molar-refractivity contribution in [2.45, 2.75) is 25.1 Å². The molecule has 1 N–H and O–H groups in total. The Labute approximate surface area is 215 Å². The molecule has 0 unspecified atom stereocenters. The second-order valence-corrected chi connectivity index (χ2v) is 8.90. The fourth-order valence-electron chi connectivity index (χ4n) is 4.19. The Bertz CT molecular complexity index is 1440. The van der Waals surface area contributed by atoms with E-state index in [1.807, 2.05) is 0 Å². The minimum Gasteiger partial charge on any atom is -0.494 e. The lowest BCUT2D eigenvalue weighted by Crippen LogP contribution is -2.08. The van der Waals surface area contributed by atoms with Crippen molar-refractivity contribution < 1.29 is 32.5 Å². The number of pyridine rings is 1. The third-order valence-electron chi connectivity index (χ3n) is 6.36. The number of carboxylic acid groups (broad SMARTS) is 1. The number of methoxy groups -OCH3 is 1. The van der Waals surface area contributed by atoms with Crippen LogP contribution in [0.25, 0.3) is 22.5 Å². The number of alkyl halides is 3. The van der Waals surface area contributed by atoms with Gasteiger partial charge in [-0.25, -0.2) is 9.97 Å². The molecule has 0 saturated heterocycles. The molecule has 1 fully saturated rings. The summed E-state index contributed by atoms with van der Waals surface area (Å²) in [6.45, 7) is 0.0329. The molecule has 2 aromatic heterocycles. The predicted molar refractivity (Wildman–Crippen MR) is 132 cm³/mol. The third-order valence-corrected chi connectivity index (χ3v) is 6.36. The number of aromatic nitrogens is 3. The van der Waals surface area contributed by atoms with Gasteiger partial charge in [0.05, 0.1) is 37.2 Å². The summed E-state index contributed by atoms with van der Waals surface area (Å²) in [7, 11) is 1.50. The lowest BCUT2D eigenvalue weighted by Gasteiger charge is -2.15. The van der Waals surface area contributed by atoms with Crippen molar-refractivity contribution in [3.8, 4) is 34.0 Å². The fraction of sp³-hybridized carbons (Fsp3) is 0.214. The molecule has 0 bridgehead atoms. The minimum absolute atomic E-state index is 0.0303. The number of carbonyl (C=O) groups is 1. The highest BCUT2D eigenvalue weighted by atomic mass is 19.4. The van der Waals surface area contributed by atoms with E-state index in [1.54, 1.807) is 36.4 Å². The van der Waals surface area contributed by atoms with E-state index in [-0.39, 0.29) is 18.1 Å². The van der Waals surface area contributed by atoms with Gasteiger partial charge >= 0.3 is 12.1 Å². The van der Waals surface area contributed by atoms with Crippen LogP contribution in [0.3, 0.4) is 0 Å². The van der Waals surface area contributed by atoms with E-state index in [9.17, 15) is 18.0 Å². The van der Waals surface area contributed by atoms with Crippen molar-refractivity contribution >= 4 is 5.97 Å². The maximum absolute atomic E-state index is 13.8. The van der Waals surface area contributed by atoms with Crippen molar-refractivity contribution in [2.75, 3.05) is 7.11 Å². The normalized spacial score (nSPS) is 16.6. The Kier molecular flexibility index (Phi) is 6.71. The Morgan fingerprint density at radius 3 is 2.21 bits per heavy atom. The van der Waals surface area contributed by atoms with Gasteiger partial charge in [-0.15, -0.1) is 0 Å². The summed E-state index contributed by atoms with van der Waals surface area (Å²) in [6, 6.07) is 13.8. The van der Waals surface area contributed by atoms with Crippen molar-refractivity contribution in [1.82, 2.24) is 15.0 Å². The van der Waals surface area contributed by atoms with E-state index in [0.717, 1.165) is 6.07 Å². The zero-order valence-electron chi connectivity index (χ0n) is 20.1. The molecule has 38 heavy (non-hydrogen) atoms. The quantitative estimate of drug-likeness (QED) is 0.304. The molecule has 0 spiro atoms. The summed E-state index contributed by atoms with van der Waals surface area (Å²) in [5.41, 5.74) is 1.56. The van der Waals surface area contributed by atoms with Crippen molar-refractivity contribution in [3.63, 3.8) is 0 Å². The molecule has 1 aliphatic carbocycles.